The number of nitrogens with one attached hydrogen (secondary N) is 1. The van der Waals surface area contributed by atoms with Crippen LogP contribution in [0.1, 0.15) is 30.4 Å². The number of guanidine groups is 1. The summed E-state index contributed by atoms with van der Waals surface area (Å²) in [5.41, 5.74) is 7.16. The van der Waals surface area contributed by atoms with Crippen LogP contribution < -0.4 is 10.6 Å². The zero-order valence-corrected chi connectivity index (χ0v) is 14.0. The summed E-state index contributed by atoms with van der Waals surface area (Å²) < 4.78 is 13.0. The van der Waals surface area contributed by atoms with Gasteiger partial charge in [-0.15, -0.1) is 0 Å². The molecule has 1 aliphatic carbocycles. The fourth-order valence-electron chi connectivity index (χ4n) is 3.01. The largest absolute Gasteiger partial charge is 0.370 e. The Morgan fingerprint density at radius 1 is 1.20 bits per heavy atom. The smallest absolute Gasteiger partial charge is 0.191 e. The van der Waals surface area contributed by atoms with Gasteiger partial charge in [-0.05, 0) is 37.1 Å². The Morgan fingerprint density at radius 2 is 1.92 bits per heavy atom. The van der Waals surface area contributed by atoms with Crippen LogP contribution in [0.25, 0.3) is 0 Å². The van der Waals surface area contributed by atoms with Crippen molar-refractivity contribution in [2.24, 2.45) is 10.7 Å². The first-order valence-corrected chi connectivity index (χ1v) is 8.65. The highest BCUT2D eigenvalue weighted by Crippen LogP contribution is 2.37. The summed E-state index contributed by atoms with van der Waals surface area (Å²) in [5, 5.41) is 7.16. The third-order valence-electron chi connectivity index (χ3n) is 4.68. The van der Waals surface area contributed by atoms with Crippen molar-refractivity contribution >= 4 is 11.6 Å². The molecule has 8 heteroatoms. The molecule has 1 aromatic heterocycles. The molecule has 0 radical (unpaired) electrons. The summed E-state index contributed by atoms with van der Waals surface area (Å²) in [7, 11) is 0. The van der Waals surface area contributed by atoms with E-state index in [9.17, 15) is 4.39 Å². The van der Waals surface area contributed by atoms with E-state index < -0.39 is 0 Å². The van der Waals surface area contributed by atoms with Gasteiger partial charge in [0.2, 0.25) is 0 Å². The van der Waals surface area contributed by atoms with Crippen molar-refractivity contribution in [1.29, 1.82) is 0 Å². The Hall–Kier alpha value is -2.64. The van der Waals surface area contributed by atoms with E-state index in [2.05, 4.69) is 30.0 Å². The van der Waals surface area contributed by atoms with Gasteiger partial charge in [0, 0.05) is 37.8 Å². The average molecular weight is 343 g/mol. The molecule has 1 saturated carbocycles. The minimum atomic E-state index is -0.212. The van der Waals surface area contributed by atoms with E-state index in [0.717, 1.165) is 43.5 Å². The first-order valence-electron chi connectivity index (χ1n) is 8.65. The number of benzene rings is 1. The summed E-state index contributed by atoms with van der Waals surface area (Å²) in [5.74, 6) is 2.51. The molecule has 2 heterocycles. The van der Waals surface area contributed by atoms with Gasteiger partial charge in [-0.3, -0.25) is 5.10 Å². The maximum atomic E-state index is 13.0. The molecule has 0 spiro atoms. The maximum Gasteiger partial charge on any atom is 0.191 e. The van der Waals surface area contributed by atoms with E-state index in [1.54, 1.807) is 0 Å². The Bertz CT molecular complexity index is 743. The number of anilines is 1. The Kier molecular flexibility index (Phi) is 4.25. The van der Waals surface area contributed by atoms with Crippen molar-refractivity contribution in [2.45, 2.75) is 25.3 Å². The first kappa shape index (κ1) is 15.9. The number of hydrogen-bond acceptors (Lipinski definition) is 4. The second-order valence-corrected chi connectivity index (χ2v) is 6.54. The Morgan fingerprint density at radius 3 is 2.60 bits per heavy atom. The molecule has 4 rings (SSSR count). The first-order chi connectivity index (χ1) is 12.2. The Labute approximate surface area is 145 Å². The number of aromatic amines is 1. The summed E-state index contributed by atoms with van der Waals surface area (Å²) in [6, 6.07) is 6.60. The second-order valence-electron chi connectivity index (χ2n) is 6.54. The van der Waals surface area contributed by atoms with Gasteiger partial charge in [0.05, 0.1) is 0 Å². The number of halogens is 1. The van der Waals surface area contributed by atoms with Crippen molar-refractivity contribution in [3.8, 4) is 0 Å². The van der Waals surface area contributed by atoms with Crippen molar-refractivity contribution in [1.82, 2.24) is 20.1 Å². The summed E-state index contributed by atoms with van der Waals surface area (Å²) >= 11 is 0. The van der Waals surface area contributed by atoms with Gasteiger partial charge in [-0.1, -0.05) is 0 Å². The van der Waals surface area contributed by atoms with Crippen molar-refractivity contribution in [3.63, 3.8) is 0 Å². The molecule has 1 saturated heterocycles. The van der Waals surface area contributed by atoms with Gasteiger partial charge in [0.25, 0.3) is 0 Å². The maximum absolute atomic E-state index is 13.0. The van der Waals surface area contributed by atoms with Crippen LogP contribution in [0.3, 0.4) is 0 Å². The Balaban J connectivity index is 1.30. The quantitative estimate of drug-likeness (QED) is 0.648. The van der Waals surface area contributed by atoms with E-state index in [1.165, 1.54) is 25.0 Å². The van der Waals surface area contributed by atoms with Gasteiger partial charge in [-0.25, -0.2) is 14.4 Å². The standard InChI is InChI=1S/C17H22FN7/c18-13-3-5-14(6-4-13)24-7-9-25(10-8-24)17(19)20-11-15-21-16(23-22-15)12-1-2-12/h3-6,12H,1-2,7-11H2,(H2,19,20)(H,21,22,23). The molecule has 0 unspecified atom stereocenters. The van der Waals surface area contributed by atoms with Crippen LogP contribution in [-0.4, -0.2) is 52.2 Å². The summed E-state index contributed by atoms with van der Waals surface area (Å²) in [6.45, 7) is 3.66. The van der Waals surface area contributed by atoms with Crippen LogP contribution in [0.15, 0.2) is 29.3 Å². The number of rotatable bonds is 4. The third-order valence-corrected chi connectivity index (χ3v) is 4.68. The number of nitrogens with zero attached hydrogens (tertiary/aromatic N) is 5. The summed E-state index contributed by atoms with van der Waals surface area (Å²) in [4.78, 5) is 13.2. The molecule has 0 bridgehead atoms. The van der Waals surface area contributed by atoms with E-state index in [1.807, 2.05) is 12.1 Å². The molecule has 132 valence electrons. The number of aromatic nitrogens is 3. The number of nitrogens with two attached hydrogens (primary N) is 1. The normalized spacial score (nSPS) is 18.7. The molecule has 2 aromatic rings. The zero-order valence-electron chi connectivity index (χ0n) is 14.0. The second kappa shape index (κ2) is 6.70. The predicted octanol–water partition coefficient (Wildman–Crippen LogP) is 1.46. The SMILES string of the molecule is NC(=NCc1nc(C2CC2)n[nH]1)N1CCN(c2ccc(F)cc2)CC1. The van der Waals surface area contributed by atoms with Crippen LogP contribution in [0, 0.1) is 5.82 Å². The van der Waals surface area contributed by atoms with Gasteiger partial charge < -0.3 is 15.5 Å². The van der Waals surface area contributed by atoms with E-state index in [4.69, 9.17) is 5.73 Å². The highest BCUT2D eigenvalue weighted by atomic mass is 19.1. The van der Waals surface area contributed by atoms with Gasteiger partial charge in [0.15, 0.2) is 11.8 Å². The van der Waals surface area contributed by atoms with Gasteiger partial charge in [-0.2, -0.15) is 5.10 Å². The van der Waals surface area contributed by atoms with Crippen molar-refractivity contribution in [3.05, 3.63) is 41.7 Å². The molecule has 1 aliphatic heterocycles. The van der Waals surface area contributed by atoms with Gasteiger partial charge >= 0.3 is 0 Å². The highest BCUT2D eigenvalue weighted by molar-refractivity contribution is 5.78. The van der Waals surface area contributed by atoms with Crippen LogP contribution in [0.4, 0.5) is 10.1 Å². The fraction of sp³-hybridized carbons (Fsp3) is 0.471. The van der Waals surface area contributed by atoms with E-state index in [-0.39, 0.29) is 5.82 Å². The number of piperazine rings is 1. The molecule has 3 N–H and O–H groups in total. The molecule has 2 aliphatic rings. The van der Waals surface area contributed by atoms with Gasteiger partial charge in [0.1, 0.15) is 18.2 Å². The lowest BCUT2D eigenvalue weighted by Crippen LogP contribution is -2.51. The lowest BCUT2D eigenvalue weighted by molar-refractivity contribution is 0.380. The zero-order chi connectivity index (χ0) is 17.2. The number of hydrogen-bond donors (Lipinski definition) is 2. The number of aliphatic imine (C=N–C) groups is 1. The molecule has 0 atom stereocenters. The highest BCUT2D eigenvalue weighted by Gasteiger charge is 2.27. The van der Waals surface area contributed by atoms with Crippen LogP contribution >= 0.6 is 0 Å². The molecule has 1 aromatic carbocycles. The molecule has 25 heavy (non-hydrogen) atoms. The predicted molar refractivity (Wildman–Crippen MR) is 93.9 cm³/mol. The summed E-state index contributed by atoms with van der Waals surface area (Å²) in [6.07, 6.45) is 2.36. The minimum Gasteiger partial charge on any atom is -0.370 e. The fourth-order valence-corrected chi connectivity index (χ4v) is 3.01. The van der Waals surface area contributed by atoms with Crippen LogP contribution in [0.5, 0.6) is 0 Å². The average Bonchev–Trinajstić information content (AvgIpc) is 3.39. The van der Waals surface area contributed by atoms with Crippen LogP contribution in [0.2, 0.25) is 0 Å². The molecule has 0 amide bonds. The lowest BCUT2D eigenvalue weighted by atomic mass is 10.2. The monoisotopic (exact) mass is 343 g/mol. The third kappa shape index (κ3) is 3.72. The van der Waals surface area contributed by atoms with E-state index >= 15 is 0 Å². The van der Waals surface area contributed by atoms with E-state index in [0.29, 0.717) is 18.4 Å². The molecular weight excluding hydrogens is 321 g/mol. The topological polar surface area (TPSA) is 86.4 Å². The molecule has 7 nitrogen and oxygen atoms in total. The molecular formula is C17H22FN7. The lowest BCUT2D eigenvalue weighted by Gasteiger charge is -2.36. The molecule has 2 fully saturated rings. The van der Waals surface area contributed by atoms with Crippen LogP contribution in [-0.2, 0) is 6.54 Å². The number of H-pyrrole nitrogens is 1. The van der Waals surface area contributed by atoms with Crippen molar-refractivity contribution < 1.29 is 4.39 Å². The minimum absolute atomic E-state index is 0.212. The van der Waals surface area contributed by atoms with Crippen molar-refractivity contribution in [2.75, 3.05) is 31.1 Å².